The maximum Gasteiger partial charge on any atom is 0.459 e. The van der Waals surface area contributed by atoms with Gasteiger partial charge in [0, 0.05) is 7.26 Å². The molecule has 19 heteroatoms. The molecule has 1 unspecified atom stereocenters. The molecular weight excluding hydrogens is 497 g/mol. The van der Waals surface area contributed by atoms with E-state index in [0.717, 1.165) is 0 Å². The van der Waals surface area contributed by atoms with E-state index in [2.05, 4.69) is 0 Å². The van der Waals surface area contributed by atoms with Crippen molar-refractivity contribution in [3.8, 4) is 0 Å². The highest BCUT2D eigenvalue weighted by molar-refractivity contribution is 7.91. The lowest BCUT2D eigenvalue weighted by atomic mass is 10.7. The van der Waals surface area contributed by atoms with Gasteiger partial charge in [-0.05, 0) is 0 Å². The molecule has 0 heterocycles. The normalized spacial score (nSPS) is 17.4. The third kappa shape index (κ3) is 5.30. The lowest BCUT2D eigenvalue weighted by molar-refractivity contribution is -0.262. The summed E-state index contributed by atoms with van der Waals surface area (Å²) in [6.45, 7) is 1.61. The van der Waals surface area contributed by atoms with Crippen LogP contribution in [0.15, 0.2) is 4.52 Å². The summed E-state index contributed by atoms with van der Waals surface area (Å²) in [6, 6.07) is 0. The first-order chi connectivity index (χ1) is 11.7. The lowest BCUT2D eigenvalue weighted by Gasteiger charge is -2.36. The van der Waals surface area contributed by atoms with E-state index in [9.17, 15) is 65.9 Å². The van der Waals surface area contributed by atoms with Crippen LogP contribution in [-0.4, -0.2) is 43.3 Å². The second-order valence-corrected chi connectivity index (χ2v) is 20.5. The highest BCUT2D eigenvalue weighted by atomic mass is 31.4. The molecule has 0 bridgehead atoms. The van der Waals surface area contributed by atoms with E-state index < -0.39 is 58.6 Å². The Morgan fingerprint density at radius 1 is 0.571 bits per heavy atom. The van der Waals surface area contributed by atoms with Gasteiger partial charge in [0.15, 0.2) is 8.07 Å². The third-order valence-electron chi connectivity index (χ3n) is 2.78. The van der Waals surface area contributed by atoms with Crippen molar-refractivity contribution in [3.05, 3.63) is 0 Å². The SMILES string of the molecule is C[Si](C)(C)/[PH](=N\P(C(F)(F)C(F)(F)F)C(F)(F)C(F)(F)F)C(F)(F)C(F)(F)F. The third-order valence-corrected chi connectivity index (χ3v) is 14.4. The van der Waals surface area contributed by atoms with Crippen molar-refractivity contribution in [2.45, 2.75) is 55.2 Å². The minimum atomic E-state index is -7.11. The summed E-state index contributed by atoms with van der Waals surface area (Å²) in [5, 5.41) is 0. The largest absolute Gasteiger partial charge is 0.459 e. The number of halogens is 15. The number of alkyl halides is 15. The molecular formula is C9H10F15NP2Si. The van der Waals surface area contributed by atoms with Crippen LogP contribution >= 0.6 is 15.3 Å². The highest BCUT2D eigenvalue weighted by Gasteiger charge is 2.77. The fraction of sp³-hybridized carbons (Fsp3) is 1.00. The molecule has 0 aliphatic rings. The van der Waals surface area contributed by atoms with Crippen LogP contribution in [0.4, 0.5) is 65.9 Å². The number of hydrogen-bond acceptors (Lipinski definition) is 1. The van der Waals surface area contributed by atoms with Crippen LogP contribution in [-0.2, 0) is 0 Å². The average molecular weight is 507 g/mol. The first-order valence-corrected chi connectivity index (χ1v) is 13.7. The molecule has 0 rings (SSSR count). The zero-order chi connectivity index (χ0) is 23.4. The fourth-order valence-corrected chi connectivity index (χ4v) is 13.9. The molecule has 0 aromatic rings. The van der Waals surface area contributed by atoms with Gasteiger partial charge in [-0.2, -0.15) is 65.9 Å². The summed E-state index contributed by atoms with van der Waals surface area (Å²) in [7, 11) is -16.0. The van der Waals surface area contributed by atoms with E-state index in [4.69, 9.17) is 0 Å². The van der Waals surface area contributed by atoms with Gasteiger partial charge in [0.1, 0.15) is 0 Å². The summed E-state index contributed by atoms with van der Waals surface area (Å²) in [6.07, 6.45) is -20.8. The van der Waals surface area contributed by atoms with E-state index in [1.54, 1.807) is 4.52 Å². The van der Waals surface area contributed by atoms with Gasteiger partial charge in [-0.15, -0.1) is 0 Å². The van der Waals surface area contributed by atoms with Gasteiger partial charge < -0.3 is 0 Å². The molecule has 0 saturated heterocycles. The highest BCUT2D eigenvalue weighted by Crippen LogP contribution is 2.76. The van der Waals surface area contributed by atoms with Crippen molar-refractivity contribution >= 4 is 23.1 Å². The molecule has 28 heavy (non-hydrogen) atoms. The molecule has 170 valence electrons. The zero-order valence-electron chi connectivity index (χ0n) is 13.6. The first-order valence-electron chi connectivity index (χ1n) is 6.46. The van der Waals surface area contributed by atoms with Gasteiger partial charge in [0.05, 0.1) is 7.74 Å². The van der Waals surface area contributed by atoms with Gasteiger partial charge in [-0.25, -0.2) is 0 Å². The molecule has 0 aliphatic carbocycles. The second-order valence-electron chi connectivity index (χ2n) is 6.16. The van der Waals surface area contributed by atoms with E-state index in [1.807, 2.05) is 0 Å². The summed E-state index contributed by atoms with van der Waals surface area (Å²) in [5.41, 5.74) is -20.1. The van der Waals surface area contributed by atoms with Crippen molar-refractivity contribution in [2.75, 3.05) is 0 Å². The predicted molar refractivity (Wildman–Crippen MR) is 74.0 cm³/mol. The molecule has 0 N–H and O–H groups in total. The molecule has 1 nitrogen and oxygen atoms in total. The van der Waals surface area contributed by atoms with E-state index >= 15 is 0 Å². The van der Waals surface area contributed by atoms with Crippen LogP contribution in [0, 0.1) is 0 Å². The molecule has 0 aliphatic heterocycles. The summed E-state index contributed by atoms with van der Waals surface area (Å²) in [5.74, 6) is 0. The van der Waals surface area contributed by atoms with Crippen molar-refractivity contribution in [2.24, 2.45) is 4.52 Å². The summed E-state index contributed by atoms with van der Waals surface area (Å²) >= 11 is 0. The Labute approximate surface area is 149 Å². The predicted octanol–water partition coefficient (Wildman–Crippen LogP) is 8.08. The molecule has 1 atom stereocenters. The Morgan fingerprint density at radius 3 is 1.04 bits per heavy atom. The number of hydrogen-bond donors (Lipinski definition) is 0. The van der Waals surface area contributed by atoms with Gasteiger partial charge >= 0.3 is 35.5 Å². The number of rotatable bonds is 5. The van der Waals surface area contributed by atoms with Crippen LogP contribution in [0.3, 0.4) is 0 Å². The Balaban J connectivity index is 7.16. The fourth-order valence-electron chi connectivity index (χ4n) is 1.46. The summed E-state index contributed by atoms with van der Waals surface area (Å²) in [4.78, 5) is 0. The van der Waals surface area contributed by atoms with Crippen LogP contribution in [0.1, 0.15) is 0 Å². The monoisotopic (exact) mass is 507 g/mol. The minimum absolute atomic E-state index is 0.537. The minimum Gasteiger partial charge on any atom is -0.268 e. The van der Waals surface area contributed by atoms with Crippen molar-refractivity contribution in [3.63, 3.8) is 0 Å². The smallest absolute Gasteiger partial charge is 0.268 e. The molecule has 0 radical (unpaired) electrons. The number of nitrogens with zero attached hydrogens (tertiary/aromatic N) is 1. The van der Waals surface area contributed by atoms with Crippen LogP contribution in [0.25, 0.3) is 0 Å². The molecule has 0 spiro atoms. The molecule has 0 aromatic heterocycles. The van der Waals surface area contributed by atoms with E-state index in [-0.39, 0.29) is 0 Å². The molecule has 0 saturated carbocycles. The van der Waals surface area contributed by atoms with Crippen molar-refractivity contribution in [1.82, 2.24) is 0 Å². The Kier molecular flexibility index (Phi) is 7.46. The van der Waals surface area contributed by atoms with Crippen molar-refractivity contribution < 1.29 is 65.9 Å². The first kappa shape index (κ1) is 27.8. The van der Waals surface area contributed by atoms with Gasteiger partial charge in [-0.3, -0.25) is 4.52 Å². The van der Waals surface area contributed by atoms with Gasteiger partial charge in [0.2, 0.25) is 0 Å². The van der Waals surface area contributed by atoms with Gasteiger partial charge in [0.25, 0.3) is 0 Å². The summed E-state index contributed by atoms with van der Waals surface area (Å²) < 4.78 is 195. The topological polar surface area (TPSA) is 12.4 Å². The van der Waals surface area contributed by atoms with E-state index in [0.29, 0.717) is 19.6 Å². The van der Waals surface area contributed by atoms with Crippen LogP contribution in [0.5, 0.6) is 0 Å². The second kappa shape index (κ2) is 7.51. The Bertz CT molecular complexity index is 571. The van der Waals surface area contributed by atoms with Gasteiger partial charge in [-0.1, -0.05) is 19.6 Å². The standard InChI is InChI=1S/C9H10F15NP2Si/c1-28(2,3)27(9(23,24)6(16,17)18)25-26(7(19,20)4(10,11)12)8(21,22)5(13,14)15/h27H,1-3H3. The Hall–Kier alpha value is -0.173. The lowest BCUT2D eigenvalue weighted by Crippen LogP contribution is -2.45. The maximum atomic E-state index is 13.6. The quantitative estimate of drug-likeness (QED) is 0.203. The molecule has 0 amide bonds. The average Bonchev–Trinajstić information content (AvgIpc) is 2.31. The molecule has 0 aromatic carbocycles. The maximum absolute atomic E-state index is 13.6. The van der Waals surface area contributed by atoms with Crippen LogP contribution < -0.4 is 0 Å². The van der Waals surface area contributed by atoms with Crippen LogP contribution in [0.2, 0.25) is 19.6 Å². The van der Waals surface area contributed by atoms with E-state index in [1.165, 1.54) is 0 Å². The van der Waals surface area contributed by atoms with Crippen molar-refractivity contribution in [1.29, 1.82) is 0 Å². The molecule has 0 fully saturated rings. The zero-order valence-corrected chi connectivity index (χ0v) is 16.5. The Morgan fingerprint density at radius 2 is 0.857 bits per heavy atom.